The molecule has 0 bridgehead atoms. The van der Waals surface area contributed by atoms with E-state index in [9.17, 15) is 9.59 Å². The Morgan fingerprint density at radius 3 is 2.17 bits per heavy atom. The molecule has 0 radical (unpaired) electrons. The SMILES string of the molecule is C=O.Cc1n[nH]sc1=O.Cc1nnsc1C(=O)c1ccccc1. The molecule has 9 heteroatoms. The van der Waals surface area contributed by atoms with Gasteiger partial charge in [-0.05, 0) is 25.4 Å². The first-order valence-electron chi connectivity index (χ1n) is 6.27. The van der Waals surface area contributed by atoms with Crippen molar-refractivity contribution < 1.29 is 9.59 Å². The maximum Gasteiger partial charge on any atom is 0.272 e. The molecule has 3 rings (SSSR count). The van der Waals surface area contributed by atoms with Crippen LogP contribution in [0.5, 0.6) is 0 Å². The molecule has 0 aliphatic rings. The largest absolute Gasteiger partial charge is 0.307 e. The van der Waals surface area contributed by atoms with Crippen LogP contribution in [0.1, 0.15) is 26.6 Å². The van der Waals surface area contributed by atoms with E-state index in [2.05, 4.69) is 19.2 Å². The standard InChI is InChI=1S/C10H8N2OS.C3H4N2OS.CH2O/c1-7-10(14-12-11-7)9(13)8-5-3-2-4-6-8;1-2-3(6)7-5-4-2;1-2/h2-6H,1H3;5H,1H3;1H2. The number of hydrogen-bond donors (Lipinski definition) is 1. The Hall–Kier alpha value is -2.52. The first-order chi connectivity index (χ1) is 11.1. The summed E-state index contributed by atoms with van der Waals surface area (Å²) in [6, 6.07) is 9.16. The van der Waals surface area contributed by atoms with Crippen LogP contribution in [0.15, 0.2) is 35.1 Å². The molecular formula is C14H14N4O3S2. The maximum absolute atomic E-state index is 11.9. The highest BCUT2D eigenvalue weighted by Gasteiger charge is 2.14. The highest BCUT2D eigenvalue weighted by atomic mass is 32.1. The van der Waals surface area contributed by atoms with Crippen molar-refractivity contribution in [2.24, 2.45) is 0 Å². The average molecular weight is 350 g/mol. The molecule has 0 spiro atoms. The van der Waals surface area contributed by atoms with Gasteiger partial charge in [0.15, 0.2) is 0 Å². The van der Waals surface area contributed by atoms with E-state index in [1.165, 1.54) is 0 Å². The number of benzene rings is 1. The van der Waals surface area contributed by atoms with Gasteiger partial charge in [-0.15, -0.1) is 5.10 Å². The molecule has 120 valence electrons. The van der Waals surface area contributed by atoms with Gasteiger partial charge in [-0.25, -0.2) is 4.49 Å². The number of ketones is 1. The Morgan fingerprint density at radius 2 is 1.78 bits per heavy atom. The zero-order valence-electron chi connectivity index (χ0n) is 12.5. The van der Waals surface area contributed by atoms with Gasteiger partial charge in [-0.2, -0.15) is 5.10 Å². The van der Waals surface area contributed by atoms with Crippen molar-refractivity contribution in [1.82, 2.24) is 19.2 Å². The van der Waals surface area contributed by atoms with Crippen molar-refractivity contribution in [3.05, 3.63) is 61.7 Å². The topological polar surface area (TPSA) is 106 Å². The molecule has 3 aromatic rings. The van der Waals surface area contributed by atoms with Crippen LogP contribution < -0.4 is 4.74 Å². The molecule has 2 aromatic heterocycles. The lowest BCUT2D eigenvalue weighted by molar-refractivity contribution is -0.0980. The first kappa shape index (κ1) is 18.5. The summed E-state index contributed by atoms with van der Waals surface area (Å²) in [6.07, 6.45) is 0. The van der Waals surface area contributed by atoms with Crippen LogP contribution in [0.4, 0.5) is 0 Å². The van der Waals surface area contributed by atoms with Crippen LogP contribution in [-0.4, -0.2) is 31.7 Å². The van der Waals surface area contributed by atoms with E-state index in [-0.39, 0.29) is 10.5 Å². The third-order valence-electron chi connectivity index (χ3n) is 2.54. The Kier molecular flexibility index (Phi) is 7.64. The van der Waals surface area contributed by atoms with Crippen molar-refractivity contribution in [2.45, 2.75) is 13.8 Å². The summed E-state index contributed by atoms with van der Waals surface area (Å²) in [5, 5.41) is 7.41. The third kappa shape index (κ3) is 5.31. The molecule has 0 amide bonds. The number of rotatable bonds is 2. The fourth-order valence-electron chi connectivity index (χ4n) is 1.41. The van der Waals surface area contributed by atoms with E-state index < -0.39 is 0 Å². The van der Waals surface area contributed by atoms with E-state index in [4.69, 9.17) is 4.79 Å². The molecule has 0 unspecified atom stereocenters. The van der Waals surface area contributed by atoms with Crippen molar-refractivity contribution in [3.8, 4) is 0 Å². The summed E-state index contributed by atoms with van der Waals surface area (Å²) in [4.78, 5) is 30.8. The summed E-state index contributed by atoms with van der Waals surface area (Å²) >= 11 is 2.15. The summed E-state index contributed by atoms with van der Waals surface area (Å²) in [7, 11) is 0. The second kappa shape index (κ2) is 9.49. The minimum atomic E-state index is -0.00176. The summed E-state index contributed by atoms with van der Waals surface area (Å²) < 4.78 is 6.23. The molecule has 0 saturated carbocycles. The molecular weight excluding hydrogens is 336 g/mol. The minimum absolute atomic E-state index is 0.00176. The predicted molar refractivity (Wildman–Crippen MR) is 89.1 cm³/mol. The normalized spacial score (nSPS) is 9.13. The predicted octanol–water partition coefficient (Wildman–Crippen LogP) is 2.03. The highest BCUT2D eigenvalue weighted by molar-refractivity contribution is 7.08. The van der Waals surface area contributed by atoms with Crippen molar-refractivity contribution in [3.63, 3.8) is 0 Å². The van der Waals surface area contributed by atoms with Gasteiger partial charge in [0.1, 0.15) is 17.4 Å². The van der Waals surface area contributed by atoms with Crippen molar-refractivity contribution in [1.29, 1.82) is 0 Å². The quantitative estimate of drug-likeness (QED) is 0.709. The molecule has 7 nitrogen and oxygen atoms in total. The van der Waals surface area contributed by atoms with E-state index in [0.717, 1.165) is 23.1 Å². The van der Waals surface area contributed by atoms with Gasteiger partial charge in [0.25, 0.3) is 4.74 Å². The number of hydrogen-bond acceptors (Lipinski definition) is 8. The van der Waals surface area contributed by atoms with Gasteiger partial charge in [0.05, 0.1) is 5.69 Å². The van der Waals surface area contributed by atoms with Crippen LogP contribution >= 0.6 is 23.1 Å². The number of aromatic nitrogens is 4. The number of nitrogens with zero attached hydrogens (tertiary/aromatic N) is 3. The fraction of sp³-hybridized carbons (Fsp3) is 0.143. The number of carbonyl (C=O) groups is 2. The number of aromatic amines is 1. The Balaban J connectivity index is 0.000000247. The van der Waals surface area contributed by atoms with Gasteiger partial charge in [0.2, 0.25) is 5.78 Å². The van der Waals surface area contributed by atoms with Gasteiger partial charge < -0.3 is 4.79 Å². The smallest absolute Gasteiger partial charge is 0.272 e. The zero-order chi connectivity index (χ0) is 17.2. The van der Waals surface area contributed by atoms with E-state index in [1.54, 1.807) is 26.0 Å². The average Bonchev–Trinajstić information content (AvgIpc) is 3.19. The second-order valence-electron chi connectivity index (χ2n) is 4.06. The molecule has 0 atom stereocenters. The van der Waals surface area contributed by atoms with E-state index in [1.807, 2.05) is 25.0 Å². The third-order valence-corrected chi connectivity index (χ3v) is 4.03. The van der Waals surface area contributed by atoms with Crippen LogP contribution in [-0.2, 0) is 4.79 Å². The van der Waals surface area contributed by atoms with Crippen molar-refractivity contribution in [2.75, 3.05) is 0 Å². The fourth-order valence-corrected chi connectivity index (χ4v) is 2.49. The molecule has 0 saturated heterocycles. The van der Waals surface area contributed by atoms with Gasteiger partial charge in [0, 0.05) is 17.1 Å². The summed E-state index contributed by atoms with van der Waals surface area (Å²) in [5.41, 5.74) is 1.93. The lowest BCUT2D eigenvalue weighted by Crippen LogP contribution is -1.99. The van der Waals surface area contributed by atoms with Crippen LogP contribution in [0.25, 0.3) is 0 Å². The minimum Gasteiger partial charge on any atom is -0.307 e. The van der Waals surface area contributed by atoms with Crippen molar-refractivity contribution >= 4 is 35.6 Å². The number of H-pyrrole nitrogens is 1. The molecule has 23 heavy (non-hydrogen) atoms. The van der Waals surface area contributed by atoms with Gasteiger partial charge in [-0.3, -0.25) is 9.59 Å². The Morgan fingerprint density at radius 1 is 1.13 bits per heavy atom. The van der Waals surface area contributed by atoms with Gasteiger partial charge in [-0.1, -0.05) is 34.8 Å². The number of nitrogens with one attached hydrogen (secondary N) is 1. The Labute approximate surface area is 140 Å². The first-order valence-corrected chi connectivity index (χ1v) is 7.86. The molecule has 0 aliphatic carbocycles. The lowest BCUT2D eigenvalue weighted by Gasteiger charge is -1.96. The van der Waals surface area contributed by atoms with E-state index in [0.29, 0.717) is 21.8 Å². The number of aryl methyl sites for hydroxylation is 2. The monoisotopic (exact) mass is 350 g/mol. The Bertz CT molecular complexity index is 795. The lowest BCUT2D eigenvalue weighted by atomic mass is 10.1. The summed E-state index contributed by atoms with van der Waals surface area (Å²) in [6.45, 7) is 5.47. The van der Waals surface area contributed by atoms with E-state index >= 15 is 0 Å². The summed E-state index contributed by atoms with van der Waals surface area (Å²) in [5.74, 6) is -0.00176. The second-order valence-corrected chi connectivity index (χ2v) is 5.57. The molecule has 0 aliphatic heterocycles. The highest BCUT2D eigenvalue weighted by Crippen LogP contribution is 2.15. The molecule has 1 N–H and O–H groups in total. The van der Waals surface area contributed by atoms with Gasteiger partial charge >= 0.3 is 0 Å². The van der Waals surface area contributed by atoms with Crippen LogP contribution in [0.2, 0.25) is 0 Å². The molecule has 1 aromatic carbocycles. The van der Waals surface area contributed by atoms with Crippen LogP contribution in [0.3, 0.4) is 0 Å². The maximum atomic E-state index is 11.9. The number of carbonyl (C=O) groups excluding carboxylic acids is 2. The zero-order valence-corrected chi connectivity index (χ0v) is 14.1. The molecule has 2 heterocycles. The van der Waals surface area contributed by atoms with Crippen LogP contribution in [0, 0.1) is 13.8 Å². The molecule has 0 fully saturated rings.